The molecule has 0 atom stereocenters. The van der Waals surface area contributed by atoms with Crippen molar-refractivity contribution in [1.29, 1.82) is 0 Å². The molecule has 0 saturated heterocycles. The first-order valence-corrected chi connectivity index (χ1v) is 21.5. The first kappa shape index (κ1) is 35.2. The molecule has 284 valence electrons. The van der Waals surface area contributed by atoms with Gasteiger partial charge in [0.2, 0.25) is 0 Å². The predicted molar refractivity (Wildman–Crippen MR) is 260 cm³/mol. The van der Waals surface area contributed by atoms with E-state index < -0.39 is 0 Å². The Morgan fingerprint density at radius 2 is 0.787 bits per heavy atom. The van der Waals surface area contributed by atoms with Crippen molar-refractivity contribution >= 4 is 63.8 Å². The smallest absolute Gasteiger partial charge is 0.160 e. The van der Waals surface area contributed by atoms with Gasteiger partial charge in [-0.15, -0.1) is 11.3 Å². The van der Waals surface area contributed by atoms with Crippen molar-refractivity contribution in [3.63, 3.8) is 0 Å². The van der Waals surface area contributed by atoms with Crippen molar-refractivity contribution in [2.24, 2.45) is 0 Å². The summed E-state index contributed by atoms with van der Waals surface area (Å²) in [5.41, 5.74) is 12.2. The topological polar surface area (TPSA) is 25.8 Å². The Kier molecular flexibility index (Phi) is 8.39. The van der Waals surface area contributed by atoms with Crippen LogP contribution in [0.25, 0.3) is 120 Å². The molecule has 0 saturated carbocycles. The molecule has 12 aromatic rings. The molecule has 0 fully saturated rings. The summed E-state index contributed by atoms with van der Waals surface area (Å²) < 4.78 is 2.58. The van der Waals surface area contributed by atoms with E-state index in [9.17, 15) is 0 Å². The van der Waals surface area contributed by atoms with Crippen molar-refractivity contribution in [3.05, 3.63) is 218 Å². The summed E-state index contributed by atoms with van der Waals surface area (Å²) >= 11 is 1.83. The molecule has 0 amide bonds. The Balaban J connectivity index is 0.939. The van der Waals surface area contributed by atoms with E-state index in [2.05, 4.69) is 200 Å². The number of nitrogens with zero attached hydrogens (tertiary/aromatic N) is 2. The van der Waals surface area contributed by atoms with Crippen molar-refractivity contribution < 1.29 is 0 Å². The number of hydrogen-bond acceptors (Lipinski definition) is 3. The third-order valence-corrected chi connectivity index (χ3v) is 13.2. The standard InChI is InChI=1S/C58H36N2S/c1-3-14-41(15-4-1)56-48-21-10-9-20-47(48)55(49-33-31-39-13-7-8-18-45(39)57(49)56)42-29-25-38(26-30-42)37-23-27-40(28-24-37)51-36-52(60-58(59-51)43-16-5-2-6-17-43)44-32-34-54-50(35-44)46-19-11-12-22-53(46)61-54/h1-36H. The van der Waals surface area contributed by atoms with Gasteiger partial charge in [0.25, 0.3) is 0 Å². The maximum Gasteiger partial charge on any atom is 0.160 e. The van der Waals surface area contributed by atoms with Crippen molar-refractivity contribution in [2.75, 3.05) is 0 Å². The number of aromatic nitrogens is 2. The monoisotopic (exact) mass is 792 g/mol. The lowest BCUT2D eigenvalue weighted by Crippen LogP contribution is -1.96. The summed E-state index contributed by atoms with van der Waals surface area (Å²) in [5, 5.41) is 10.1. The minimum atomic E-state index is 0.716. The number of rotatable bonds is 6. The van der Waals surface area contributed by atoms with Crippen LogP contribution in [0.1, 0.15) is 0 Å². The maximum absolute atomic E-state index is 5.13. The van der Waals surface area contributed by atoms with Crippen LogP contribution in [0.15, 0.2) is 218 Å². The van der Waals surface area contributed by atoms with E-state index in [1.54, 1.807) is 0 Å². The van der Waals surface area contributed by atoms with E-state index in [0.29, 0.717) is 5.82 Å². The lowest BCUT2D eigenvalue weighted by Gasteiger charge is -2.19. The summed E-state index contributed by atoms with van der Waals surface area (Å²) in [6.07, 6.45) is 0. The zero-order valence-corrected chi connectivity index (χ0v) is 33.9. The van der Waals surface area contributed by atoms with E-state index in [4.69, 9.17) is 9.97 Å². The summed E-state index contributed by atoms with van der Waals surface area (Å²) in [6, 6.07) is 78.8. The first-order chi connectivity index (χ1) is 30.2. The van der Waals surface area contributed by atoms with Crippen LogP contribution in [0.4, 0.5) is 0 Å². The molecule has 2 nitrogen and oxygen atoms in total. The second kappa shape index (κ2) is 14.5. The predicted octanol–water partition coefficient (Wildman–Crippen LogP) is 16.3. The molecule has 0 N–H and O–H groups in total. The fraction of sp³-hybridized carbons (Fsp3) is 0. The van der Waals surface area contributed by atoms with Gasteiger partial charge >= 0.3 is 0 Å². The Hall–Kier alpha value is -7.72. The van der Waals surface area contributed by atoms with Crippen LogP contribution in [0.5, 0.6) is 0 Å². The number of benzene rings is 10. The summed E-state index contributed by atoms with van der Waals surface area (Å²) in [4.78, 5) is 10.3. The van der Waals surface area contributed by atoms with Crippen LogP contribution >= 0.6 is 11.3 Å². The molecule has 0 aliphatic rings. The third-order valence-electron chi connectivity index (χ3n) is 12.1. The molecule has 0 spiro atoms. The van der Waals surface area contributed by atoms with Gasteiger partial charge in [-0.3, -0.25) is 0 Å². The zero-order valence-electron chi connectivity index (χ0n) is 33.1. The van der Waals surface area contributed by atoms with Crippen LogP contribution in [-0.2, 0) is 0 Å². The van der Waals surface area contributed by atoms with Crippen LogP contribution in [-0.4, -0.2) is 9.97 Å². The lowest BCUT2D eigenvalue weighted by atomic mass is 9.84. The van der Waals surface area contributed by atoms with E-state index >= 15 is 0 Å². The molecule has 0 aliphatic heterocycles. The SMILES string of the molecule is c1ccc(-c2nc(-c3ccc(-c4ccc(-c5c6ccccc6c(-c6ccccc6)c6c5ccc5ccccc56)cc4)cc3)cc(-c3ccc4sc5ccccc5c4c3)n2)cc1. The lowest BCUT2D eigenvalue weighted by molar-refractivity contribution is 1.18. The van der Waals surface area contributed by atoms with Gasteiger partial charge in [0.15, 0.2) is 5.82 Å². The minimum absolute atomic E-state index is 0.716. The van der Waals surface area contributed by atoms with Crippen LogP contribution in [0, 0.1) is 0 Å². The molecular formula is C58H36N2S. The van der Waals surface area contributed by atoms with Gasteiger partial charge < -0.3 is 0 Å². The Morgan fingerprint density at radius 1 is 0.279 bits per heavy atom. The molecule has 10 aromatic carbocycles. The third kappa shape index (κ3) is 6.09. The first-order valence-electron chi connectivity index (χ1n) is 20.7. The van der Waals surface area contributed by atoms with Gasteiger partial charge in [0.1, 0.15) is 0 Å². The highest BCUT2D eigenvalue weighted by Gasteiger charge is 2.19. The molecule has 12 rings (SSSR count). The zero-order chi connectivity index (χ0) is 40.3. The molecule has 2 aromatic heterocycles. The molecule has 0 bridgehead atoms. The van der Waals surface area contributed by atoms with Crippen molar-refractivity contribution in [2.45, 2.75) is 0 Å². The van der Waals surface area contributed by atoms with E-state index in [1.807, 2.05) is 29.5 Å². The fourth-order valence-electron chi connectivity index (χ4n) is 9.17. The highest BCUT2D eigenvalue weighted by atomic mass is 32.1. The second-order valence-corrected chi connectivity index (χ2v) is 16.7. The highest BCUT2D eigenvalue weighted by molar-refractivity contribution is 7.25. The Labute approximate surface area is 357 Å². The van der Waals surface area contributed by atoms with Crippen molar-refractivity contribution in [1.82, 2.24) is 9.97 Å². The van der Waals surface area contributed by atoms with Gasteiger partial charge in [-0.2, -0.15) is 0 Å². The second-order valence-electron chi connectivity index (χ2n) is 15.7. The van der Waals surface area contributed by atoms with E-state index in [0.717, 1.165) is 33.6 Å². The van der Waals surface area contributed by atoms with Gasteiger partial charge in [0.05, 0.1) is 11.4 Å². The quantitative estimate of drug-likeness (QED) is 0.124. The molecular weight excluding hydrogens is 757 g/mol. The van der Waals surface area contributed by atoms with Crippen molar-refractivity contribution in [3.8, 4) is 67.3 Å². The van der Waals surface area contributed by atoms with Gasteiger partial charge in [-0.25, -0.2) is 9.97 Å². The van der Waals surface area contributed by atoms with Crippen LogP contribution in [0.3, 0.4) is 0 Å². The Bertz CT molecular complexity index is 3610. The van der Waals surface area contributed by atoms with Gasteiger partial charge in [-0.1, -0.05) is 194 Å². The number of thiophene rings is 1. The van der Waals surface area contributed by atoms with E-state index in [1.165, 1.54) is 80.3 Å². The van der Waals surface area contributed by atoms with Gasteiger partial charge in [-0.05, 0) is 90.0 Å². The number of hydrogen-bond donors (Lipinski definition) is 0. The summed E-state index contributed by atoms with van der Waals surface area (Å²) in [5.74, 6) is 0.716. The van der Waals surface area contributed by atoms with Gasteiger partial charge in [0, 0.05) is 36.9 Å². The normalized spacial score (nSPS) is 11.6. The molecule has 61 heavy (non-hydrogen) atoms. The minimum Gasteiger partial charge on any atom is -0.228 e. The Morgan fingerprint density at radius 3 is 1.51 bits per heavy atom. The van der Waals surface area contributed by atoms with E-state index in [-0.39, 0.29) is 0 Å². The average Bonchev–Trinajstić information content (AvgIpc) is 3.72. The molecule has 0 radical (unpaired) electrons. The van der Waals surface area contributed by atoms with Crippen LogP contribution < -0.4 is 0 Å². The summed E-state index contributed by atoms with van der Waals surface area (Å²) in [6.45, 7) is 0. The maximum atomic E-state index is 5.13. The van der Waals surface area contributed by atoms with Crippen LogP contribution in [0.2, 0.25) is 0 Å². The largest absolute Gasteiger partial charge is 0.228 e. The summed E-state index contributed by atoms with van der Waals surface area (Å²) in [7, 11) is 0. The molecule has 3 heteroatoms. The molecule has 2 heterocycles. The highest BCUT2D eigenvalue weighted by Crippen LogP contribution is 2.46. The number of fused-ring (bicyclic) bond motifs is 7. The average molecular weight is 793 g/mol. The molecule has 0 unspecified atom stereocenters. The fourth-order valence-corrected chi connectivity index (χ4v) is 10.3. The molecule has 0 aliphatic carbocycles.